The topological polar surface area (TPSA) is 94.7 Å². The molecule has 6 heterocycles. The Hall–Kier alpha value is -3.59. The number of nitrogens with zero attached hydrogens (tertiary/aromatic N) is 5. The van der Waals surface area contributed by atoms with E-state index in [0.717, 1.165) is 25.1 Å². The number of anilines is 3. The van der Waals surface area contributed by atoms with E-state index in [1.54, 1.807) is 6.20 Å². The highest BCUT2D eigenvalue weighted by molar-refractivity contribution is 5.92. The Kier molecular flexibility index (Phi) is 5.77. The molecular weight excluding hydrogens is 443 g/mol. The molecule has 4 aromatic rings. The molecule has 4 aromatic heterocycles. The first kappa shape index (κ1) is 21.9. The van der Waals surface area contributed by atoms with Crippen molar-refractivity contribution >= 4 is 28.4 Å². The summed E-state index contributed by atoms with van der Waals surface area (Å²) in [6, 6.07) is 11.0. The number of hydrogen-bond donors (Lipinski definition) is 3. The molecule has 1 unspecified atom stereocenters. The van der Waals surface area contributed by atoms with Crippen molar-refractivity contribution in [2.24, 2.45) is 0 Å². The summed E-state index contributed by atoms with van der Waals surface area (Å²) in [7, 11) is 0. The van der Waals surface area contributed by atoms with Crippen molar-refractivity contribution in [1.29, 1.82) is 0 Å². The number of rotatable bonds is 6. The van der Waals surface area contributed by atoms with Gasteiger partial charge in [0.05, 0.1) is 0 Å². The van der Waals surface area contributed by atoms with Crippen LogP contribution in [-0.2, 0) is 6.54 Å². The Bertz CT molecular complexity index is 1310. The molecule has 0 spiro atoms. The van der Waals surface area contributed by atoms with Gasteiger partial charge in [0.15, 0.2) is 17.5 Å². The fourth-order valence-electron chi connectivity index (χ4n) is 5.65. The van der Waals surface area contributed by atoms with E-state index in [9.17, 15) is 0 Å². The van der Waals surface area contributed by atoms with Gasteiger partial charge in [0.25, 0.3) is 0 Å². The van der Waals surface area contributed by atoms with Gasteiger partial charge in [-0.2, -0.15) is 5.10 Å². The van der Waals surface area contributed by atoms with E-state index in [4.69, 9.17) is 0 Å². The van der Waals surface area contributed by atoms with Crippen molar-refractivity contribution < 1.29 is 4.39 Å². The molecule has 35 heavy (non-hydrogen) atoms. The van der Waals surface area contributed by atoms with Crippen molar-refractivity contribution in [2.75, 3.05) is 10.6 Å². The summed E-state index contributed by atoms with van der Waals surface area (Å²) in [5, 5.41) is 14.4. The van der Waals surface area contributed by atoms with Gasteiger partial charge in [-0.15, -0.1) is 0 Å². The zero-order valence-electron chi connectivity index (χ0n) is 19.7. The summed E-state index contributed by atoms with van der Waals surface area (Å²) in [5.41, 5.74) is 2.50. The van der Waals surface area contributed by atoms with E-state index in [1.165, 1.54) is 24.8 Å². The number of aromatic nitrogens is 5. The summed E-state index contributed by atoms with van der Waals surface area (Å²) < 4.78 is 15.3. The van der Waals surface area contributed by atoms with Gasteiger partial charge in [0.2, 0.25) is 0 Å². The molecule has 0 amide bonds. The van der Waals surface area contributed by atoms with Crippen LogP contribution in [0.3, 0.4) is 0 Å². The van der Waals surface area contributed by atoms with Crippen LogP contribution in [0.4, 0.5) is 21.8 Å². The first-order chi connectivity index (χ1) is 17.1. The molecule has 0 radical (unpaired) electrons. The zero-order chi connectivity index (χ0) is 23.8. The van der Waals surface area contributed by atoms with Gasteiger partial charge in [-0.25, -0.2) is 9.37 Å². The second kappa shape index (κ2) is 9.22. The lowest BCUT2D eigenvalue weighted by Gasteiger charge is -2.49. The smallest absolute Gasteiger partial charge is 0.192 e. The number of piperidine rings is 2. The molecule has 0 aliphatic carbocycles. The second-order valence-electron chi connectivity index (χ2n) is 9.66. The molecule has 0 aromatic carbocycles. The molecule has 6 rings (SSSR count). The SMILES string of the molecule is Cc1cc(Nc2nc(NC3C[C@H]4CCC[C@@H](C3)N4Cc3ccncc3)c3cccnc3c2F)n[nH]1. The van der Waals surface area contributed by atoms with Crippen molar-refractivity contribution in [1.82, 2.24) is 30.0 Å². The molecule has 2 aliphatic heterocycles. The van der Waals surface area contributed by atoms with Gasteiger partial charge < -0.3 is 10.6 Å². The Morgan fingerprint density at radius 2 is 1.89 bits per heavy atom. The molecular formula is C26H29FN8. The van der Waals surface area contributed by atoms with Gasteiger partial charge >= 0.3 is 0 Å². The van der Waals surface area contributed by atoms with E-state index in [1.807, 2.05) is 37.5 Å². The summed E-state index contributed by atoms with van der Waals surface area (Å²) in [6.45, 7) is 2.86. The number of nitrogens with one attached hydrogen (secondary N) is 3. The Balaban J connectivity index is 1.26. The molecule has 0 saturated carbocycles. The van der Waals surface area contributed by atoms with Crippen LogP contribution in [0.15, 0.2) is 48.9 Å². The van der Waals surface area contributed by atoms with E-state index < -0.39 is 5.82 Å². The predicted molar refractivity (Wildman–Crippen MR) is 134 cm³/mol. The number of H-pyrrole nitrogens is 1. The third kappa shape index (κ3) is 4.43. The number of pyridine rings is 3. The van der Waals surface area contributed by atoms with Crippen molar-refractivity contribution in [3.05, 3.63) is 66.0 Å². The molecule has 3 atom stereocenters. The first-order valence-electron chi connectivity index (χ1n) is 12.3. The Morgan fingerprint density at radius 1 is 1.09 bits per heavy atom. The van der Waals surface area contributed by atoms with Crippen LogP contribution in [0.25, 0.3) is 10.9 Å². The highest BCUT2D eigenvalue weighted by atomic mass is 19.1. The molecule has 180 valence electrons. The minimum Gasteiger partial charge on any atom is -0.367 e. The van der Waals surface area contributed by atoms with Crippen LogP contribution in [0.1, 0.15) is 43.4 Å². The molecule has 8 nitrogen and oxygen atoms in total. The van der Waals surface area contributed by atoms with Gasteiger partial charge in [0.1, 0.15) is 11.3 Å². The normalized spacial score (nSPS) is 22.3. The van der Waals surface area contributed by atoms with Gasteiger partial charge in [-0.3, -0.25) is 20.0 Å². The lowest BCUT2D eigenvalue weighted by Crippen LogP contribution is -2.54. The number of hydrogen-bond acceptors (Lipinski definition) is 7. The molecule has 2 fully saturated rings. The standard InChI is InChI=1S/C26H29FN8/c1-16-12-22(34-33-16)31-26-23(27)24-21(6-3-9-29-24)25(32-26)30-18-13-19-4-2-5-20(14-18)35(19)15-17-7-10-28-11-8-17/h3,6-12,18-20H,2,4-5,13-15H2,1H3,(H3,30,31,32,33,34)/t18?,19-,20+. The van der Waals surface area contributed by atoms with E-state index in [0.29, 0.717) is 34.6 Å². The summed E-state index contributed by atoms with van der Waals surface area (Å²) in [4.78, 5) is 15.8. The molecule has 2 bridgehead atoms. The number of aryl methyl sites for hydroxylation is 1. The average molecular weight is 473 g/mol. The maximum absolute atomic E-state index is 15.3. The van der Waals surface area contributed by atoms with Gasteiger partial charge in [0, 0.05) is 60.4 Å². The van der Waals surface area contributed by atoms with Crippen molar-refractivity contribution in [3.8, 4) is 0 Å². The minimum atomic E-state index is -0.476. The van der Waals surface area contributed by atoms with Gasteiger partial charge in [-0.05, 0) is 62.4 Å². The fraction of sp³-hybridized carbons (Fsp3) is 0.385. The van der Waals surface area contributed by atoms with E-state index in [-0.39, 0.29) is 11.9 Å². The summed E-state index contributed by atoms with van der Waals surface area (Å²) in [5.74, 6) is 0.834. The third-order valence-corrected chi connectivity index (χ3v) is 7.24. The lowest BCUT2D eigenvalue weighted by atomic mass is 9.81. The summed E-state index contributed by atoms with van der Waals surface area (Å²) in [6.07, 6.45) is 11.1. The number of fused-ring (bicyclic) bond motifs is 3. The van der Waals surface area contributed by atoms with Crippen LogP contribution in [-0.4, -0.2) is 48.2 Å². The number of aromatic amines is 1. The number of halogens is 1. The molecule has 2 aliphatic rings. The lowest BCUT2D eigenvalue weighted by molar-refractivity contribution is 0.0277. The summed E-state index contributed by atoms with van der Waals surface area (Å²) >= 11 is 0. The fourth-order valence-corrected chi connectivity index (χ4v) is 5.65. The largest absolute Gasteiger partial charge is 0.367 e. The first-order valence-corrected chi connectivity index (χ1v) is 12.3. The average Bonchev–Trinajstić information content (AvgIpc) is 3.27. The Labute approximate surface area is 203 Å². The molecule has 9 heteroatoms. The zero-order valence-corrected chi connectivity index (χ0v) is 19.7. The van der Waals surface area contributed by atoms with Crippen molar-refractivity contribution in [3.63, 3.8) is 0 Å². The van der Waals surface area contributed by atoms with Gasteiger partial charge in [-0.1, -0.05) is 6.42 Å². The minimum absolute atomic E-state index is 0.125. The van der Waals surface area contributed by atoms with Crippen LogP contribution >= 0.6 is 0 Å². The molecule has 3 N–H and O–H groups in total. The third-order valence-electron chi connectivity index (χ3n) is 7.24. The van der Waals surface area contributed by atoms with Crippen molar-refractivity contribution in [2.45, 2.75) is 63.7 Å². The second-order valence-corrected chi connectivity index (χ2v) is 9.66. The molecule has 2 saturated heterocycles. The predicted octanol–water partition coefficient (Wildman–Crippen LogP) is 4.94. The highest BCUT2D eigenvalue weighted by Crippen LogP contribution is 2.37. The van der Waals surface area contributed by atoms with E-state index in [2.05, 4.69) is 52.8 Å². The van der Waals surface area contributed by atoms with Crippen LogP contribution in [0, 0.1) is 12.7 Å². The maximum Gasteiger partial charge on any atom is 0.192 e. The van der Waals surface area contributed by atoms with E-state index >= 15 is 4.39 Å². The Morgan fingerprint density at radius 3 is 2.63 bits per heavy atom. The highest BCUT2D eigenvalue weighted by Gasteiger charge is 2.38. The monoisotopic (exact) mass is 472 g/mol. The quantitative estimate of drug-likeness (QED) is 0.366. The van der Waals surface area contributed by atoms with Crippen LogP contribution < -0.4 is 10.6 Å². The van der Waals surface area contributed by atoms with Crippen LogP contribution in [0.2, 0.25) is 0 Å². The maximum atomic E-state index is 15.3. The van der Waals surface area contributed by atoms with Crippen LogP contribution in [0.5, 0.6) is 0 Å².